The number of halogens is 1. The Morgan fingerprint density at radius 2 is 1.82 bits per heavy atom. The third-order valence-corrected chi connectivity index (χ3v) is 6.17. The molecule has 3 aromatic rings. The normalized spacial score (nSPS) is 13.2. The number of fused-ring (bicyclic) bond motifs is 1. The lowest BCUT2D eigenvalue weighted by Gasteiger charge is -2.14. The monoisotopic (exact) mass is 488 g/mol. The van der Waals surface area contributed by atoms with E-state index in [4.69, 9.17) is 14.2 Å². The maximum atomic E-state index is 13.0. The van der Waals surface area contributed by atoms with Crippen LogP contribution in [-0.2, 0) is 10.0 Å². The quantitative estimate of drug-likeness (QED) is 0.423. The van der Waals surface area contributed by atoms with Crippen LogP contribution < -0.4 is 24.2 Å². The smallest absolute Gasteiger partial charge is 0.261 e. The largest absolute Gasteiger partial charge is 0.491 e. The number of nitrogens with one attached hydrogen (secondary N) is 2. The van der Waals surface area contributed by atoms with Crippen LogP contribution in [0.15, 0.2) is 71.6 Å². The van der Waals surface area contributed by atoms with Crippen LogP contribution in [0.3, 0.4) is 0 Å². The molecule has 1 heterocycles. The van der Waals surface area contributed by atoms with Gasteiger partial charge in [-0.1, -0.05) is 6.07 Å². The first kappa shape index (κ1) is 23.3. The number of benzene rings is 3. The van der Waals surface area contributed by atoms with Gasteiger partial charge in [-0.2, -0.15) is 0 Å². The minimum atomic E-state index is -4.00. The van der Waals surface area contributed by atoms with Crippen LogP contribution in [0.5, 0.6) is 17.2 Å². The Hall–Kier alpha value is -3.83. The minimum Gasteiger partial charge on any atom is -0.491 e. The molecule has 9 nitrogen and oxygen atoms in total. The van der Waals surface area contributed by atoms with Crippen molar-refractivity contribution in [3.8, 4) is 17.2 Å². The first-order valence-electron chi connectivity index (χ1n) is 10.2. The van der Waals surface area contributed by atoms with Crippen LogP contribution in [0, 0.1) is 5.82 Å². The summed E-state index contributed by atoms with van der Waals surface area (Å²) in [6.07, 6.45) is -1.01. The SMILES string of the molecule is O=C(NCC(O)COc1ccc2c(c1)OCO2)c1cccc(S(=O)(=O)Nc2ccc(F)cc2)c1. The number of sulfonamides is 1. The number of aliphatic hydroxyl groups excluding tert-OH is 1. The van der Waals surface area contributed by atoms with Gasteiger partial charge in [0.25, 0.3) is 15.9 Å². The second kappa shape index (κ2) is 9.98. The van der Waals surface area contributed by atoms with Crippen molar-refractivity contribution in [1.82, 2.24) is 5.32 Å². The number of carbonyl (C=O) groups excluding carboxylic acids is 1. The number of rotatable bonds is 9. The number of hydrogen-bond acceptors (Lipinski definition) is 7. The molecule has 34 heavy (non-hydrogen) atoms. The number of amides is 1. The molecule has 0 saturated heterocycles. The molecule has 0 aromatic heterocycles. The second-order valence-corrected chi connectivity index (χ2v) is 9.01. The van der Waals surface area contributed by atoms with Gasteiger partial charge in [0.2, 0.25) is 6.79 Å². The summed E-state index contributed by atoms with van der Waals surface area (Å²) in [6.45, 7) is -0.0671. The highest BCUT2D eigenvalue weighted by molar-refractivity contribution is 7.92. The van der Waals surface area contributed by atoms with Crippen molar-refractivity contribution in [2.45, 2.75) is 11.0 Å². The summed E-state index contributed by atoms with van der Waals surface area (Å²) in [5.74, 6) is 0.563. The Balaban J connectivity index is 1.31. The van der Waals surface area contributed by atoms with Crippen LogP contribution >= 0.6 is 0 Å². The average molecular weight is 488 g/mol. The average Bonchev–Trinajstić information content (AvgIpc) is 3.30. The lowest BCUT2D eigenvalue weighted by molar-refractivity contribution is 0.0843. The predicted octanol–water partition coefficient (Wildman–Crippen LogP) is 2.52. The fourth-order valence-electron chi connectivity index (χ4n) is 3.07. The van der Waals surface area contributed by atoms with Gasteiger partial charge in [0.05, 0.1) is 4.90 Å². The Kier molecular flexibility index (Phi) is 6.85. The molecule has 0 aliphatic carbocycles. The Bertz CT molecular complexity index is 1280. The van der Waals surface area contributed by atoms with E-state index in [1.54, 1.807) is 18.2 Å². The van der Waals surface area contributed by atoms with Crippen molar-refractivity contribution < 1.29 is 36.9 Å². The zero-order chi connectivity index (χ0) is 24.1. The van der Waals surface area contributed by atoms with Gasteiger partial charge in [-0.05, 0) is 54.6 Å². The Morgan fingerprint density at radius 1 is 1.06 bits per heavy atom. The maximum Gasteiger partial charge on any atom is 0.261 e. The Morgan fingerprint density at radius 3 is 2.62 bits per heavy atom. The molecule has 0 spiro atoms. The first-order chi connectivity index (χ1) is 16.3. The molecule has 178 valence electrons. The maximum absolute atomic E-state index is 13.0. The van der Waals surface area contributed by atoms with Crippen molar-refractivity contribution in [1.29, 1.82) is 0 Å². The van der Waals surface area contributed by atoms with Crippen LogP contribution in [0.2, 0.25) is 0 Å². The van der Waals surface area contributed by atoms with Gasteiger partial charge >= 0.3 is 0 Å². The molecule has 3 aromatic carbocycles. The van der Waals surface area contributed by atoms with Gasteiger partial charge in [-0.25, -0.2) is 12.8 Å². The lowest BCUT2D eigenvalue weighted by atomic mass is 10.2. The van der Waals surface area contributed by atoms with Crippen LogP contribution in [0.25, 0.3) is 0 Å². The van der Waals surface area contributed by atoms with E-state index in [1.165, 1.54) is 36.4 Å². The number of ether oxygens (including phenoxy) is 3. The molecular formula is C23H21FN2O7S. The summed E-state index contributed by atoms with van der Waals surface area (Å²) in [4.78, 5) is 12.3. The highest BCUT2D eigenvalue weighted by Crippen LogP contribution is 2.35. The molecule has 0 saturated carbocycles. The van der Waals surface area contributed by atoms with Crippen LogP contribution in [0.4, 0.5) is 10.1 Å². The molecular weight excluding hydrogens is 467 g/mol. The summed E-state index contributed by atoms with van der Waals surface area (Å²) in [5, 5.41) is 12.7. The molecule has 3 N–H and O–H groups in total. The first-order valence-corrected chi connectivity index (χ1v) is 11.7. The third kappa shape index (κ3) is 5.74. The summed E-state index contributed by atoms with van der Waals surface area (Å²) in [6, 6.07) is 15.2. The standard InChI is InChI=1S/C23H21FN2O7S/c24-16-4-6-17(7-5-16)26-34(29,30)20-3-1-2-15(10-20)23(28)25-12-18(27)13-31-19-8-9-21-22(11-19)33-14-32-21/h1-11,18,26-27H,12-14H2,(H,25,28). The van der Waals surface area contributed by atoms with Crippen LogP contribution in [-0.4, -0.2) is 45.5 Å². The van der Waals surface area contributed by atoms with E-state index in [2.05, 4.69) is 10.0 Å². The summed E-state index contributed by atoms with van der Waals surface area (Å²) < 4.78 is 56.6. The van der Waals surface area contributed by atoms with Gasteiger partial charge in [-0.15, -0.1) is 0 Å². The molecule has 0 bridgehead atoms. The lowest BCUT2D eigenvalue weighted by Crippen LogP contribution is -2.35. The van der Waals surface area contributed by atoms with E-state index in [0.29, 0.717) is 17.2 Å². The van der Waals surface area contributed by atoms with E-state index in [9.17, 15) is 22.7 Å². The Labute approximate surface area is 195 Å². The fourth-order valence-corrected chi connectivity index (χ4v) is 4.17. The highest BCUT2D eigenvalue weighted by atomic mass is 32.2. The molecule has 1 amide bonds. The van der Waals surface area contributed by atoms with E-state index < -0.39 is 27.9 Å². The van der Waals surface area contributed by atoms with E-state index >= 15 is 0 Å². The fraction of sp³-hybridized carbons (Fsp3) is 0.174. The van der Waals surface area contributed by atoms with Gasteiger partial charge in [0.1, 0.15) is 24.3 Å². The van der Waals surface area contributed by atoms with Gasteiger partial charge < -0.3 is 24.6 Å². The zero-order valence-electron chi connectivity index (χ0n) is 17.7. The molecule has 1 aliphatic rings. The molecule has 0 radical (unpaired) electrons. The van der Waals surface area contributed by atoms with E-state index in [0.717, 1.165) is 12.1 Å². The van der Waals surface area contributed by atoms with E-state index in [-0.39, 0.29) is 36.1 Å². The summed E-state index contributed by atoms with van der Waals surface area (Å²) in [7, 11) is -4.00. The van der Waals surface area contributed by atoms with Crippen molar-refractivity contribution in [2.75, 3.05) is 24.7 Å². The summed E-state index contributed by atoms with van der Waals surface area (Å²) in [5.41, 5.74) is 0.271. The molecule has 11 heteroatoms. The van der Waals surface area contributed by atoms with Crippen molar-refractivity contribution in [3.63, 3.8) is 0 Å². The number of hydrogen-bond donors (Lipinski definition) is 3. The van der Waals surface area contributed by atoms with E-state index in [1.807, 2.05) is 0 Å². The zero-order valence-corrected chi connectivity index (χ0v) is 18.5. The topological polar surface area (TPSA) is 123 Å². The molecule has 1 aliphatic heterocycles. The molecule has 1 atom stereocenters. The van der Waals surface area contributed by atoms with Gasteiger partial charge in [-0.3, -0.25) is 9.52 Å². The third-order valence-electron chi connectivity index (χ3n) is 4.79. The second-order valence-electron chi connectivity index (χ2n) is 7.33. The van der Waals surface area contributed by atoms with Crippen LogP contribution in [0.1, 0.15) is 10.4 Å². The van der Waals surface area contributed by atoms with Crippen molar-refractivity contribution >= 4 is 21.6 Å². The van der Waals surface area contributed by atoms with Crippen molar-refractivity contribution in [3.05, 3.63) is 78.1 Å². The number of aliphatic hydroxyl groups is 1. The highest BCUT2D eigenvalue weighted by Gasteiger charge is 2.18. The predicted molar refractivity (Wildman–Crippen MR) is 120 cm³/mol. The molecule has 1 unspecified atom stereocenters. The number of anilines is 1. The van der Waals surface area contributed by atoms with Crippen molar-refractivity contribution in [2.24, 2.45) is 0 Å². The minimum absolute atomic E-state index is 0.0874. The summed E-state index contributed by atoms with van der Waals surface area (Å²) >= 11 is 0. The number of carbonyl (C=O) groups is 1. The van der Waals surface area contributed by atoms with Gasteiger partial charge in [0.15, 0.2) is 11.5 Å². The molecule has 4 rings (SSSR count). The van der Waals surface area contributed by atoms with Gasteiger partial charge in [0, 0.05) is 23.9 Å². The molecule has 0 fully saturated rings.